The Morgan fingerprint density at radius 1 is 0.567 bits per heavy atom. The molecule has 0 atom stereocenters. The number of nitriles is 1. The number of benzene rings is 9. The Labute approximate surface area is 347 Å². The lowest BCUT2D eigenvalue weighted by Crippen LogP contribution is -2.09. The minimum absolute atomic E-state index is 0.326. The van der Waals surface area contributed by atoms with E-state index in [4.69, 9.17) is 9.47 Å². The summed E-state index contributed by atoms with van der Waals surface area (Å²) in [5.74, 6) is 7.31. The van der Waals surface area contributed by atoms with Gasteiger partial charge in [0.05, 0.1) is 14.2 Å². The number of hydrogen-bond donors (Lipinski definition) is 1. The molecule has 6 heteroatoms. The Hall–Kier alpha value is -8.32. The van der Waals surface area contributed by atoms with E-state index in [0.717, 1.165) is 93.9 Å². The molecule has 0 aromatic heterocycles. The van der Waals surface area contributed by atoms with Crippen molar-refractivity contribution >= 4 is 72.2 Å². The van der Waals surface area contributed by atoms with Crippen LogP contribution in [0.1, 0.15) is 16.7 Å². The van der Waals surface area contributed by atoms with Gasteiger partial charge in [0.1, 0.15) is 23.1 Å². The Morgan fingerprint density at radius 3 is 1.42 bits per heavy atom. The molecular formula is C54H36N2O4. The number of anilines is 3. The van der Waals surface area contributed by atoms with E-state index in [-0.39, 0.29) is 5.57 Å². The van der Waals surface area contributed by atoms with Crippen molar-refractivity contribution in [2.24, 2.45) is 0 Å². The van der Waals surface area contributed by atoms with Crippen LogP contribution in [0, 0.1) is 23.2 Å². The molecule has 0 heterocycles. The van der Waals surface area contributed by atoms with Crippen molar-refractivity contribution in [1.29, 1.82) is 5.26 Å². The first-order chi connectivity index (χ1) is 29.4. The zero-order valence-electron chi connectivity index (χ0n) is 32.8. The highest BCUT2D eigenvalue weighted by Crippen LogP contribution is 2.44. The average Bonchev–Trinajstić information content (AvgIpc) is 3.29. The summed E-state index contributed by atoms with van der Waals surface area (Å²) < 4.78 is 11.0. The van der Waals surface area contributed by atoms with Gasteiger partial charge in [0, 0.05) is 28.2 Å². The molecule has 60 heavy (non-hydrogen) atoms. The standard InChI is InChI=1S/C54H36N2O4/c1-59-46-24-20-44(21-25-46)56(45-22-26-47(60-2)27-23-45)43-18-16-37(17-19-43)53-51-32-40-9-5-3-7-38(40)30-49(51)48(50-31-39-8-4-6-10-41(39)33-52(50)53)28-15-35-11-13-36(14-12-35)29-42(34-55)54(57)58/h3-14,16-27,29-33H,1-2H3,(H,57,58)/b42-29+. The van der Waals surface area contributed by atoms with Gasteiger partial charge in [0.2, 0.25) is 0 Å². The maximum Gasteiger partial charge on any atom is 0.346 e. The summed E-state index contributed by atoms with van der Waals surface area (Å²) >= 11 is 0. The second kappa shape index (κ2) is 15.9. The molecule has 0 aliphatic rings. The van der Waals surface area contributed by atoms with Crippen molar-refractivity contribution in [2.75, 3.05) is 19.1 Å². The lowest BCUT2D eigenvalue weighted by Gasteiger charge is -2.26. The quantitative estimate of drug-likeness (QED) is 0.0716. The molecule has 0 saturated heterocycles. The number of fused-ring (bicyclic) bond motifs is 4. The lowest BCUT2D eigenvalue weighted by atomic mass is 9.86. The van der Waals surface area contributed by atoms with E-state index in [1.54, 1.807) is 32.4 Å². The summed E-state index contributed by atoms with van der Waals surface area (Å²) in [5, 5.41) is 27.3. The fourth-order valence-electron chi connectivity index (χ4n) is 7.84. The molecule has 0 aliphatic heterocycles. The Bertz CT molecular complexity index is 3100. The van der Waals surface area contributed by atoms with E-state index in [2.05, 4.69) is 138 Å². The van der Waals surface area contributed by atoms with Crippen LogP contribution in [0.25, 0.3) is 60.3 Å². The zero-order chi connectivity index (χ0) is 41.2. The number of ether oxygens (including phenoxy) is 2. The largest absolute Gasteiger partial charge is 0.497 e. The number of aliphatic carboxylic acids is 1. The van der Waals surface area contributed by atoms with Crippen LogP contribution in [0.5, 0.6) is 11.5 Å². The molecule has 0 amide bonds. The van der Waals surface area contributed by atoms with Gasteiger partial charge in [-0.25, -0.2) is 4.79 Å². The Balaban J connectivity index is 1.25. The van der Waals surface area contributed by atoms with Gasteiger partial charge in [-0.2, -0.15) is 5.26 Å². The van der Waals surface area contributed by atoms with Crippen LogP contribution >= 0.6 is 0 Å². The van der Waals surface area contributed by atoms with Crippen LogP contribution in [0.15, 0.2) is 175 Å². The summed E-state index contributed by atoms with van der Waals surface area (Å²) in [6.45, 7) is 0. The molecule has 0 bridgehead atoms. The summed E-state index contributed by atoms with van der Waals surface area (Å²) in [6.07, 6.45) is 1.36. The van der Waals surface area contributed by atoms with Crippen molar-refractivity contribution in [3.8, 4) is 40.5 Å². The Kier molecular flexibility index (Phi) is 9.88. The van der Waals surface area contributed by atoms with Gasteiger partial charge in [-0.1, -0.05) is 84.6 Å². The van der Waals surface area contributed by atoms with E-state index < -0.39 is 5.97 Å². The molecule has 9 aromatic rings. The minimum Gasteiger partial charge on any atom is -0.497 e. The molecule has 6 nitrogen and oxygen atoms in total. The van der Waals surface area contributed by atoms with E-state index in [9.17, 15) is 15.2 Å². The van der Waals surface area contributed by atoms with E-state index in [1.807, 2.05) is 36.4 Å². The predicted molar refractivity (Wildman–Crippen MR) is 243 cm³/mol. The first kappa shape index (κ1) is 37.3. The summed E-state index contributed by atoms with van der Waals surface area (Å²) in [6, 6.07) is 59.8. The van der Waals surface area contributed by atoms with E-state index in [0.29, 0.717) is 5.56 Å². The number of carboxylic acids is 1. The normalized spacial score (nSPS) is 11.2. The minimum atomic E-state index is -1.26. The SMILES string of the molecule is COc1ccc(N(c2ccc(OC)cc2)c2ccc(-c3c4cc5ccccc5cc4c(C#Cc4ccc(/C=C(\C#N)C(=O)O)cc4)c4cc5ccccc5cc34)cc2)cc1. The van der Waals surface area contributed by atoms with Crippen LogP contribution in [0.2, 0.25) is 0 Å². The van der Waals surface area contributed by atoms with Gasteiger partial charge in [0.15, 0.2) is 0 Å². The average molecular weight is 777 g/mol. The monoisotopic (exact) mass is 776 g/mol. The fraction of sp³-hybridized carbons (Fsp3) is 0.0370. The van der Waals surface area contributed by atoms with Gasteiger partial charge in [0.25, 0.3) is 0 Å². The first-order valence-electron chi connectivity index (χ1n) is 19.4. The molecule has 286 valence electrons. The number of nitrogens with zero attached hydrogens (tertiary/aromatic N) is 2. The lowest BCUT2D eigenvalue weighted by molar-refractivity contribution is -0.132. The first-order valence-corrected chi connectivity index (χ1v) is 19.4. The van der Waals surface area contributed by atoms with E-state index in [1.165, 1.54) is 6.08 Å². The van der Waals surface area contributed by atoms with Crippen LogP contribution in [-0.2, 0) is 4.79 Å². The van der Waals surface area contributed by atoms with Gasteiger partial charge in [-0.3, -0.25) is 0 Å². The van der Waals surface area contributed by atoms with Crippen molar-refractivity contribution in [3.63, 3.8) is 0 Å². The molecule has 0 saturated carbocycles. The smallest absolute Gasteiger partial charge is 0.346 e. The zero-order valence-corrected chi connectivity index (χ0v) is 32.8. The van der Waals surface area contributed by atoms with Crippen molar-refractivity contribution in [1.82, 2.24) is 0 Å². The van der Waals surface area contributed by atoms with Gasteiger partial charge < -0.3 is 19.5 Å². The predicted octanol–water partition coefficient (Wildman–Crippen LogP) is 12.8. The van der Waals surface area contributed by atoms with Crippen molar-refractivity contribution in [3.05, 3.63) is 192 Å². The third-order valence-corrected chi connectivity index (χ3v) is 10.8. The third kappa shape index (κ3) is 7.11. The molecule has 1 N–H and O–H groups in total. The summed E-state index contributed by atoms with van der Waals surface area (Å²) in [5.41, 5.74) is 7.14. The highest BCUT2D eigenvalue weighted by molar-refractivity contribution is 6.21. The number of hydrogen-bond acceptors (Lipinski definition) is 5. The molecule has 0 unspecified atom stereocenters. The second-order valence-electron chi connectivity index (χ2n) is 14.4. The van der Waals surface area contributed by atoms with Crippen LogP contribution in [0.3, 0.4) is 0 Å². The second-order valence-corrected chi connectivity index (χ2v) is 14.4. The number of rotatable bonds is 8. The number of carboxylic acid groups (broad SMARTS) is 1. The molecule has 0 spiro atoms. The third-order valence-electron chi connectivity index (χ3n) is 10.8. The molecule has 9 rings (SSSR count). The molecule has 0 aliphatic carbocycles. The van der Waals surface area contributed by atoms with Crippen molar-refractivity contribution in [2.45, 2.75) is 0 Å². The maximum atomic E-state index is 11.4. The van der Waals surface area contributed by atoms with E-state index >= 15 is 0 Å². The number of carbonyl (C=O) groups is 1. The summed E-state index contributed by atoms with van der Waals surface area (Å²) in [4.78, 5) is 13.6. The van der Waals surface area contributed by atoms with Gasteiger partial charge in [-0.05, 0) is 163 Å². The van der Waals surface area contributed by atoms with Gasteiger partial charge >= 0.3 is 5.97 Å². The molecular weight excluding hydrogens is 741 g/mol. The highest BCUT2D eigenvalue weighted by Gasteiger charge is 2.19. The van der Waals surface area contributed by atoms with Gasteiger partial charge in [-0.15, -0.1) is 0 Å². The Morgan fingerprint density at radius 2 is 1.00 bits per heavy atom. The molecule has 0 fully saturated rings. The maximum absolute atomic E-state index is 11.4. The van der Waals surface area contributed by atoms with Crippen LogP contribution in [0.4, 0.5) is 17.1 Å². The highest BCUT2D eigenvalue weighted by atomic mass is 16.5. The molecule has 0 radical (unpaired) electrons. The van der Waals surface area contributed by atoms with Crippen LogP contribution in [-0.4, -0.2) is 25.3 Å². The summed E-state index contributed by atoms with van der Waals surface area (Å²) in [7, 11) is 3.34. The van der Waals surface area contributed by atoms with Crippen molar-refractivity contribution < 1.29 is 19.4 Å². The topological polar surface area (TPSA) is 82.8 Å². The molecule has 9 aromatic carbocycles. The fourth-order valence-corrected chi connectivity index (χ4v) is 7.84. The van der Waals surface area contributed by atoms with Crippen LogP contribution < -0.4 is 14.4 Å². The number of methoxy groups -OCH3 is 2.